The number of urea groups is 1. The molecule has 6 nitrogen and oxygen atoms in total. The minimum absolute atomic E-state index is 0.187. The standard InChI is InChI=1S/C14H27N3O3/c1-3-7-17-8-5-12(6-9-17)16-14(20)15-10-11(4-2)13(18)19/h11-12H,3-10H2,1-2H3,(H,18,19)(H2,15,16,20). The summed E-state index contributed by atoms with van der Waals surface area (Å²) in [5.74, 6) is -1.37. The van der Waals surface area contributed by atoms with Crippen molar-refractivity contribution in [3.05, 3.63) is 0 Å². The van der Waals surface area contributed by atoms with E-state index in [2.05, 4.69) is 22.5 Å². The molecule has 0 aromatic heterocycles. The van der Waals surface area contributed by atoms with Crippen LogP contribution in [0.1, 0.15) is 39.5 Å². The van der Waals surface area contributed by atoms with Crippen LogP contribution in [0.15, 0.2) is 0 Å². The summed E-state index contributed by atoms with van der Waals surface area (Å²) < 4.78 is 0. The van der Waals surface area contributed by atoms with Gasteiger partial charge in [-0.05, 0) is 32.2 Å². The van der Waals surface area contributed by atoms with Gasteiger partial charge in [-0.15, -0.1) is 0 Å². The SMILES string of the molecule is CCCN1CCC(NC(=O)NCC(CC)C(=O)O)CC1. The predicted octanol–water partition coefficient (Wildman–Crippen LogP) is 1.27. The third-order valence-corrected chi connectivity index (χ3v) is 3.81. The fourth-order valence-electron chi connectivity index (χ4n) is 2.48. The summed E-state index contributed by atoms with van der Waals surface area (Å²) in [7, 11) is 0. The van der Waals surface area contributed by atoms with Crippen LogP contribution in [0.5, 0.6) is 0 Å². The number of likely N-dealkylation sites (tertiary alicyclic amines) is 1. The zero-order valence-electron chi connectivity index (χ0n) is 12.5. The van der Waals surface area contributed by atoms with Crippen molar-refractivity contribution >= 4 is 12.0 Å². The van der Waals surface area contributed by atoms with Crippen molar-refractivity contribution < 1.29 is 14.7 Å². The maximum absolute atomic E-state index is 11.7. The van der Waals surface area contributed by atoms with Gasteiger partial charge in [0.05, 0.1) is 5.92 Å². The van der Waals surface area contributed by atoms with E-state index in [4.69, 9.17) is 5.11 Å². The average Bonchev–Trinajstić information content (AvgIpc) is 2.41. The van der Waals surface area contributed by atoms with E-state index >= 15 is 0 Å². The molecule has 1 heterocycles. The molecular formula is C14H27N3O3. The number of nitrogens with zero attached hydrogens (tertiary/aromatic N) is 1. The van der Waals surface area contributed by atoms with Gasteiger partial charge in [-0.2, -0.15) is 0 Å². The van der Waals surface area contributed by atoms with E-state index in [9.17, 15) is 9.59 Å². The fourth-order valence-corrected chi connectivity index (χ4v) is 2.48. The molecule has 0 spiro atoms. The Morgan fingerprint density at radius 3 is 2.45 bits per heavy atom. The summed E-state index contributed by atoms with van der Waals surface area (Å²) in [4.78, 5) is 25.0. The van der Waals surface area contributed by atoms with Crippen molar-refractivity contribution in [2.24, 2.45) is 5.92 Å². The highest BCUT2D eigenvalue weighted by molar-refractivity contribution is 5.76. The lowest BCUT2D eigenvalue weighted by atomic mass is 10.1. The summed E-state index contributed by atoms with van der Waals surface area (Å²) in [6, 6.07) is -0.0494. The Hall–Kier alpha value is -1.30. The second kappa shape index (κ2) is 8.79. The first-order valence-corrected chi connectivity index (χ1v) is 7.56. The van der Waals surface area contributed by atoms with E-state index in [1.54, 1.807) is 0 Å². The Labute approximate surface area is 120 Å². The highest BCUT2D eigenvalue weighted by Gasteiger charge is 2.21. The van der Waals surface area contributed by atoms with Gasteiger partial charge in [0.1, 0.15) is 0 Å². The zero-order chi connectivity index (χ0) is 15.0. The lowest BCUT2D eigenvalue weighted by Crippen LogP contribution is -2.49. The van der Waals surface area contributed by atoms with Crippen molar-refractivity contribution in [3.63, 3.8) is 0 Å². The van der Waals surface area contributed by atoms with Crippen LogP contribution in [0.3, 0.4) is 0 Å². The maximum Gasteiger partial charge on any atom is 0.315 e. The van der Waals surface area contributed by atoms with Gasteiger partial charge < -0.3 is 20.6 Å². The van der Waals surface area contributed by atoms with Crippen LogP contribution in [-0.2, 0) is 4.79 Å². The third-order valence-electron chi connectivity index (χ3n) is 3.81. The number of carbonyl (C=O) groups excluding carboxylic acids is 1. The lowest BCUT2D eigenvalue weighted by molar-refractivity contribution is -0.141. The van der Waals surface area contributed by atoms with Crippen LogP contribution in [0.25, 0.3) is 0 Å². The molecule has 20 heavy (non-hydrogen) atoms. The van der Waals surface area contributed by atoms with Gasteiger partial charge in [0.2, 0.25) is 0 Å². The molecule has 0 bridgehead atoms. The third kappa shape index (κ3) is 5.77. The largest absolute Gasteiger partial charge is 0.481 e. The Kier molecular flexibility index (Phi) is 7.36. The number of amides is 2. The summed E-state index contributed by atoms with van der Waals surface area (Å²) in [5.41, 5.74) is 0. The Morgan fingerprint density at radius 2 is 1.95 bits per heavy atom. The molecule has 0 saturated carbocycles. The zero-order valence-corrected chi connectivity index (χ0v) is 12.5. The Morgan fingerprint density at radius 1 is 1.30 bits per heavy atom. The van der Waals surface area contributed by atoms with Gasteiger partial charge in [-0.25, -0.2) is 4.79 Å². The minimum Gasteiger partial charge on any atom is -0.481 e. The van der Waals surface area contributed by atoms with Crippen LogP contribution in [0.4, 0.5) is 4.79 Å². The number of aliphatic carboxylic acids is 1. The number of carboxylic acids is 1. The quantitative estimate of drug-likeness (QED) is 0.658. The number of carboxylic acid groups (broad SMARTS) is 1. The molecule has 0 aromatic carbocycles. The van der Waals surface area contributed by atoms with Crippen LogP contribution in [-0.4, -0.2) is 54.2 Å². The molecule has 0 aliphatic carbocycles. The van der Waals surface area contributed by atoms with E-state index in [1.165, 1.54) is 0 Å². The molecule has 1 fully saturated rings. The van der Waals surface area contributed by atoms with E-state index in [0.29, 0.717) is 6.42 Å². The molecule has 116 valence electrons. The Bertz CT molecular complexity index is 315. The van der Waals surface area contributed by atoms with Crippen molar-refractivity contribution in [1.82, 2.24) is 15.5 Å². The average molecular weight is 285 g/mol. The van der Waals surface area contributed by atoms with Crippen molar-refractivity contribution in [3.8, 4) is 0 Å². The predicted molar refractivity (Wildman–Crippen MR) is 77.7 cm³/mol. The second-order valence-corrected chi connectivity index (χ2v) is 5.41. The summed E-state index contributed by atoms with van der Waals surface area (Å²) in [6.07, 6.45) is 3.60. The molecule has 3 N–H and O–H groups in total. The molecular weight excluding hydrogens is 258 g/mol. The summed E-state index contributed by atoms with van der Waals surface area (Å²) >= 11 is 0. The number of carbonyl (C=O) groups is 2. The maximum atomic E-state index is 11.7. The first-order valence-electron chi connectivity index (χ1n) is 7.56. The van der Waals surface area contributed by atoms with Crippen LogP contribution in [0, 0.1) is 5.92 Å². The van der Waals surface area contributed by atoms with Crippen molar-refractivity contribution in [2.75, 3.05) is 26.2 Å². The highest BCUT2D eigenvalue weighted by atomic mass is 16.4. The van der Waals surface area contributed by atoms with Crippen LogP contribution >= 0.6 is 0 Å². The van der Waals surface area contributed by atoms with Gasteiger partial charge >= 0.3 is 12.0 Å². The van der Waals surface area contributed by atoms with Crippen molar-refractivity contribution in [2.45, 2.75) is 45.6 Å². The molecule has 0 aromatic rings. The van der Waals surface area contributed by atoms with Crippen molar-refractivity contribution in [1.29, 1.82) is 0 Å². The molecule has 1 aliphatic rings. The molecule has 0 radical (unpaired) electrons. The van der Waals surface area contributed by atoms with E-state index in [-0.39, 0.29) is 18.6 Å². The number of rotatable bonds is 7. The van der Waals surface area contributed by atoms with Gasteiger partial charge in [0, 0.05) is 25.7 Å². The topological polar surface area (TPSA) is 81.7 Å². The van der Waals surface area contributed by atoms with E-state index < -0.39 is 11.9 Å². The molecule has 1 rings (SSSR count). The first-order chi connectivity index (χ1) is 9.56. The molecule has 2 amide bonds. The van der Waals surface area contributed by atoms with Gasteiger partial charge in [0.25, 0.3) is 0 Å². The minimum atomic E-state index is -0.860. The molecule has 1 unspecified atom stereocenters. The number of piperidine rings is 1. The number of hydrogen-bond donors (Lipinski definition) is 3. The molecule has 1 atom stereocenters. The smallest absolute Gasteiger partial charge is 0.315 e. The number of hydrogen-bond acceptors (Lipinski definition) is 3. The number of nitrogens with one attached hydrogen (secondary N) is 2. The van der Waals surface area contributed by atoms with Crippen LogP contribution in [0.2, 0.25) is 0 Å². The lowest BCUT2D eigenvalue weighted by Gasteiger charge is -2.32. The normalized spacial score (nSPS) is 18.5. The summed E-state index contributed by atoms with van der Waals surface area (Å²) in [5, 5.41) is 14.5. The molecule has 1 saturated heterocycles. The highest BCUT2D eigenvalue weighted by Crippen LogP contribution is 2.10. The fraction of sp³-hybridized carbons (Fsp3) is 0.857. The molecule has 6 heteroatoms. The van der Waals surface area contributed by atoms with Gasteiger partial charge in [-0.3, -0.25) is 4.79 Å². The van der Waals surface area contributed by atoms with E-state index in [0.717, 1.165) is 38.9 Å². The van der Waals surface area contributed by atoms with Gasteiger partial charge in [-0.1, -0.05) is 13.8 Å². The van der Waals surface area contributed by atoms with Crippen LogP contribution < -0.4 is 10.6 Å². The Balaban J connectivity index is 2.21. The first kappa shape index (κ1) is 16.8. The van der Waals surface area contributed by atoms with Gasteiger partial charge in [0.15, 0.2) is 0 Å². The van der Waals surface area contributed by atoms with E-state index in [1.807, 2.05) is 6.92 Å². The second-order valence-electron chi connectivity index (χ2n) is 5.41. The monoisotopic (exact) mass is 285 g/mol. The molecule has 1 aliphatic heterocycles. The summed E-state index contributed by atoms with van der Waals surface area (Å²) in [6.45, 7) is 7.32.